The lowest BCUT2D eigenvalue weighted by atomic mass is 10.2. The molecule has 1 unspecified atom stereocenters. The van der Waals surface area contributed by atoms with Crippen molar-refractivity contribution >= 4 is 6.29 Å². The number of hydrogen-bond donors (Lipinski definition) is 0. The van der Waals surface area contributed by atoms with Gasteiger partial charge in [-0.05, 0) is 19.1 Å². The quantitative estimate of drug-likeness (QED) is 0.754. The lowest BCUT2D eigenvalue weighted by Crippen LogP contribution is -2.05. The van der Waals surface area contributed by atoms with Crippen molar-refractivity contribution in [1.82, 2.24) is 9.97 Å². The van der Waals surface area contributed by atoms with Crippen molar-refractivity contribution in [1.29, 1.82) is 0 Å². The molecule has 1 aromatic heterocycles. The Morgan fingerprint density at radius 3 is 2.94 bits per heavy atom. The van der Waals surface area contributed by atoms with Crippen molar-refractivity contribution in [3.8, 4) is 5.75 Å². The molecule has 0 aliphatic rings. The number of aromatic nitrogens is 2. The van der Waals surface area contributed by atoms with Crippen molar-refractivity contribution in [2.75, 3.05) is 0 Å². The summed E-state index contributed by atoms with van der Waals surface area (Å²) in [6.07, 6.45) is 5.49. The van der Waals surface area contributed by atoms with E-state index in [1.54, 1.807) is 42.9 Å². The van der Waals surface area contributed by atoms with Crippen LogP contribution in [0.3, 0.4) is 0 Å². The number of carbonyl (C=O) groups is 1. The van der Waals surface area contributed by atoms with Gasteiger partial charge in [-0.3, -0.25) is 14.8 Å². The first-order valence-electron chi connectivity index (χ1n) is 5.27. The molecule has 0 amide bonds. The molecule has 0 spiro atoms. The number of benzene rings is 1. The Morgan fingerprint density at radius 1 is 1.35 bits per heavy atom. The van der Waals surface area contributed by atoms with Gasteiger partial charge in [0.1, 0.15) is 18.1 Å². The summed E-state index contributed by atoms with van der Waals surface area (Å²) in [4.78, 5) is 18.8. The van der Waals surface area contributed by atoms with Crippen molar-refractivity contribution in [2.24, 2.45) is 0 Å². The molecule has 0 N–H and O–H groups in total. The van der Waals surface area contributed by atoms with Crippen molar-refractivity contribution in [2.45, 2.75) is 13.0 Å². The van der Waals surface area contributed by atoms with E-state index in [1.807, 2.05) is 6.92 Å². The molecule has 0 aliphatic heterocycles. The van der Waals surface area contributed by atoms with Gasteiger partial charge in [-0.15, -0.1) is 0 Å². The predicted octanol–water partition coefficient (Wildman–Crippen LogP) is 2.43. The van der Waals surface area contributed by atoms with Crippen LogP contribution in [0.5, 0.6) is 5.75 Å². The molecule has 0 fully saturated rings. The second-order valence-electron chi connectivity index (χ2n) is 3.58. The number of ether oxygens (including phenoxy) is 1. The summed E-state index contributed by atoms with van der Waals surface area (Å²) in [7, 11) is 0. The maximum absolute atomic E-state index is 10.6. The Bertz CT molecular complexity index is 500. The summed E-state index contributed by atoms with van der Waals surface area (Å²) in [6.45, 7) is 1.89. The maximum atomic E-state index is 10.6. The van der Waals surface area contributed by atoms with E-state index in [0.29, 0.717) is 11.3 Å². The zero-order chi connectivity index (χ0) is 12.1. The Balaban J connectivity index is 2.13. The Hall–Kier alpha value is -2.23. The summed E-state index contributed by atoms with van der Waals surface area (Å²) < 4.78 is 5.68. The van der Waals surface area contributed by atoms with Crippen LogP contribution in [0.25, 0.3) is 0 Å². The van der Waals surface area contributed by atoms with Crippen molar-refractivity contribution < 1.29 is 9.53 Å². The van der Waals surface area contributed by atoms with Crippen LogP contribution in [-0.2, 0) is 0 Å². The molecule has 0 bridgehead atoms. The second kappa shape index (κ2) is 5.21. The minimum absolute atomic E-state index is 0.203. The third-order valence-electron chi connectivity index (χ3n) is 2.31. The van der Waals surface area contributed by atoms with E-state index < -0.39 is 0 Å². The Morgan fingerprint density at radius 2 is 2.24 bits per heavy atom. The van der Waals surface area contributed by atoms with Crippen LogP contribution in [0.15, 0.2) is 42.9 Å². The Kier molecular flexibility index (Phi) is 3.45. The highest BCUT2D eigenvalue weighted by Crippen LogP contribution is 2.20. The van der Waals surface area contributed by atoms with Gasteiger partial charge in [0.05, 0.1) is 11.9 Å². The monoisotopic (exact) mass is 228 g/mol. The molecule has 0 saturated carbocycles. The zero-order valence-electron chi connectivity index (χ0n) is 9.41. The zero-order valence-corrected chi connectivity index (χ0v) is 9.41. The van der Waals surface area contributed by atoms with Crippen LogP contribution in [0.1, 0.15) is 29.1 Å². The van der Waals surface area contributed by atoms with E-state index in [0.717, 1.165) is 12.0 Å². The van der Waals surface area contributed by atoms with Crippen molar-refractivity contribution in [3.63, 3.8) is 0 Å². The average Bonchev–Trinajstić information content (AvgIpc) is 2.40. The molecule has 2 aromatic rings. The van der Waals surface area contributed by atoms with Crippen LogP contribution < -0.4 is 4.74 Å². The van der Waals surface area contributed by atoms with Gasteiger partial charge in [-0.1, -0.05) is 12.1 Å². The summed E-state index contributed by atoms with van der Waals surface area (Å²) >= 11 is 0. The molecule has 1 atom stereocenters. The molecule has 4 nitrogen and oxygen atoms in total. The highest BCUT2D eigenvalue weighted by Gasteiger charge is 2.08. The molecule has 17 heavy (non-hydrogen) atoms. The number of hydrogen-bond acceptors (Lipinski definition) is 4. The van der Waals surface area contributed by atoms with Crippen LogP contribution >= 0.6 is 0 Å². The third-order valence-corrected chi connectivity index (χ3v) is 2.31. The highest BCUT2D eigenvalue weighted by molar-refractivity contribution is 5.75. The van der Waals surface area contributed by atoms with Gasteiger partial charge < -0.3 is 4.74 Å². The Labute approximate surface area is 99.3 Å². The minimum atomic E-state index is -0.203. The lowest BCUT2D eigenvalue weighted by molar-refractivity contribution is 0.112. The number of rotatable bonds is 4. The van der Waals surface area contributed by atoms with E-state index in [2.05, 4.69) is 9.97 Å². The van der Waals surface area contributed by atoms with Gasteiger partial charge in [0.25, 0.3) is 0 Å². The smallest absolute Gasteiger partial charge is 0.150 e. The SMILES string of the molecule is CC(Oc1cccc(C=O)c1)c1cnccn1. The predicted molar refractivity (Wildman–Crippen MR) is 62.9 cm³/mol. The number of nitrogens with zero attached hydrogens (tertiary/aromatic N) is 2. The van der Waals surface area contributed by atoms with Crippen LogP contribution in [-0.4, -0.2) is 16.3 Å². The molecule has 0 saturated heterocycles. The molecule has 2 rings (SSSR count). The first kappa shape index (κ1) is 11.3. The third kappa shape index (κ3) is 2.87. The van der Waals surface area contributed by atoms with E-state index in [4.69, 9.17) is 4.74 Å². The number of aldehydes is 1. The van der Waals surface area contributed by atoms with E-state index >= 15 is 0 Å². The summed E-state index contributed by atoms with van der Waals surface area (Å²) in [5, 5.41) is 0. The van der Waals surface area contributed by atoms with E-state index in [1.165, 1.54) is 0 Å². The normalized spacial score (nSPS) is 11.8. The van der Waals surface area contributed by atoms with Crippen LogP contribution in [0.4, 0.5) is 0 Å². The average molecular weight is 228 g/mol. The van der Waals surface area contributed by atoms with Gasteiger partial charge >= 0.3 is 0 Å². The molecule has 0 aliphatic carbocycles. The van der Waals surface area contributed by atoms with Gasteiger partial charge in [-0.2, -0.15) is 0 Å². The molecule has 4 heteroatoms. The molecular weight excluding hydrogens is 216 g/mol. The van der Waals surface area contributed by atoms with Crippen molar-refractivity contribution in [3.05, 3.63) is 54.1 Å². The molecular formula is C13H12N2O2. The van der Waals surface area contributed by atoms with Crippen LogP contribution in [0.2, 0.25) is 0 Å². The van der Waals surface area contributed by atoms with Gasteiger partial charge in [0.2, 0.25) is 0 Å². The molecule has 1 aromatic carbocycles. The first-order chi connectivity index (χ1) is 8.29. The second-order valence-corrected chi connectivity index (χ2v) is 3.58. The lowest BCUT2D eigenvalue weighted by Gasteiger charge is -2.13. The van der Waals surface area contributed by atoms with Gasteiger partial charge in [0, 0.05) is 18.0 Å². The fourth-order valence-electron chi connectivity index (χ4n) is 1.45. The topological polar surface area (TPSA) is 52.1 Å². The van der Waals surface area contributed by atoms with Gasteiger partial charge in [-0.25, -0.2) is 0 Å². The largest absolute Gasteiger partial charge is 0.484 e. The minimum Gasteiger partial charge on any atom is -0.484 e. The first-order valence-corrected chi connectivity index (χ1v) is 5.27. The maximum Gasteiger partial charge on any atom is 0.150 e. The molecule has 1 heterocycles. The number of carbonyl (C=O) groups excluding carboxylic acids is 1. The van der Waals surface area contributed by atoms with Gasteiger partial charge in [0.15, 0.2) is 0 Å². The molecule has 86 valence electrons. The van der Waals surface area contributed by atoms with Crippen LogP contribution in [0, 0.1) is 0 Å². The fraction of sp³-hybridized carbons (Fsp3) is 0.154. The molecule has 0 radical (unpaired) electrons. The standard InChI is InChI=1S/C13H12N2O2/c1-10(13-8-14-5-6-15-13)17-12-4-2-3-11(7-12)9-16/h2-10H,1H3. The fourth-order valence-corrected chi connectivity index (χ4v) is 1.45. The summed E-state index contributed by atoms with van der Waals surface area (Å²) in [5.41, 5.74) is 1.35. The summed E-state index contributed by atoms with van der Waals surface area (Å²) in [6, 6.07) is 7.01. The summed E-state index contributed by atoms with van der Waals surface area (Å²) in [5.74, 6) is 0.646. The van der Waals surface area contributed by atoms with E-state index in [-0.39, 0.29) is 6.10 Å². The highest BCUT2D eigenvalue weighted by atomic mass is 16.5. The van der Waals surface area contributed by atoms with E-state index in [9.17, 15) is 4.79 Å².